The fraction of sp³-hybridized carbons (Fsp3) is 0.292. The van der Waals surface area contributed by atoms with Crippen molar-refractivity contribution in [2.45, 2.75) is 26.3 Å². The molecule has 3 aromatic rings. The molecule has 1 fully saturated rings. The highest BCUT2D eigenvalue weighted by molar-refractivity contribution is 6.31. The Labute approximate surface area is 182 Å². The molecule has 1 N–H and O–H groups in total. The van der Waals surface area contributed by atoms with E-state index in [1.807, 2.05) is 36.7 Å². The van der Waals surface area contributed by atoms with E-state index in [0.29, 0.717) is 24.1 Å². The van der Waals surface area contributed by atoms with Crippen LogP contribution in [-0.4, -0.2) is 29.0 Å². The lowest BCUT2D eigenvalue weighted by Gasteiger charge is -2.32. The first kappa shape index (κ1) is 20.4. The second-order valence-electron chi connectivity index (χ2n) is 7.73. The molecule has 1 unspecified atom stereocenters. The van der Waals surface area contributed by atoms with Crippen molar-refractivity contribution in [2.24, 2.45) is 5.92 Å². The smallest absolute Gasteiger partial charge is 0.225 e. The predicted octanol–water partition coefficient (Wildman–Crippen LogP) is 4.64. The van der Waals surface area contributed by atoms with E-state index >= 15 is 0 Å². The van der Waals surface area contributed by atoms with Crippen molar-refractivity contribution in [1.82, 2.24) is 15.3 Å². The van der Waals surface area contributed by atoms with Gasteiger partial charge in [-0.05, 0) is 37.0 Å². The summed E-state index contributed by atoms with van der Waals surface area (Å²) in [5, 5.41) is 3.70. The second kappa shape index (κ2) is 9.26. The van der Waals surface area contributed by atoms with Crippen LogP contribution in [0.25, 0.3) is 11.1 Å². The Hall–Kier alpha value is -2.92. The Morgan fingerprint density at radius 1 is 1.10 bits per heavy atom. The van der Waals surface area contributed by atoms with Crippen LogP contribution in [0.3, 0.4) is 0 Å². The normalized spacial score (nSPS) is 16.3. The summed E-state index contributed by atoms with van der Waals surface area (Å²) < 4.78 is 0. The number of carbonyl (C=O) groups is 1. The number of benzene rings is 2. The van der Waals surface area contributed by atoms with Crippen LogP contribution in [-0.2, 0) is 11.3 Å². The Morgan fingerprint density at radius 2 is 1.83 bits per heavy atom. The molecule has 1 amide bonds. The average molecular weight is 421 g/mol. The van der Waals surface area contributed by atoms with E-state index < -0.39 is 0 Å². The summed E-state index contributed by atoms with van der Waals surface area (Å²) in [6, 6.07) is 15.9. The summed E-state index contributed by atoms with van der Waals surface area (Å²) in [4.78, 5) is 23.9. The maximum atomic E-state index is 12.7. The van der Waals surface area contributed by atoms with Gasteiger partial charge in [0.1, 0.15) is 0 Å². The van der Waals surface area contributed by atoms with E-state index in [0.717, 1.165) is 36.1 Å². The molecular formula is C24H25ClN4O. The van der Waals surface area contributed by atoms with Crippen LogP contribution in [0, 0.1) is 12.8 Å². The van der Waals surface area contributed by atoms with Crippen molar-refractivity contribution < 1.29 is 4.79 Å². The van der Waals surface area contributed by atoms with Crippen LogP contribution in [0.1, 0.15) is 24.0 Å². The SMILES string of the molecule is Cc1ccc(-c2cnc(N3CCCC(C(=O)NCc4ccccc4Cl)C3)nc2)cc1. The highest BCUT2D eigenvalue weighted by atomic mass is 35.5. The summed E-state index contributed by atoms with van der Waals surface area (Å²) in [6.45, 7) is 3.99. The highest BCUT2D eigenvalue weighted by Gasteiger charge is 2.27. The monoisotopic (exact) mass is 420 g/mol. The molecule has 0 aliphatic carbocycles. The molecule has 0 radical (unpaired) electrons. The van der Waals surface area contributed by atoms with Gasteiger partial charge in [-0.1, -0.05) is 59.6 Å². The van der Waals surface area contributed by atoms with Crippen LogP contribution in [0.4, 0.5) is 5.95 Å². The van der Waals surface area contributed by atoms with Crippen molar-refractivity contribution in [2.75, 3.05) is 18.0 Å². The van der Waals surface area contributed by atoms with Crippen molar-refractivity contribution in [1.29, 1.82) is 0 Å². The van der Waals surface area contributed by atoms with E-state index in [9.17, 15) is 4.79 Å². The van der Waals surface area contributed by atoms with Crippen LogP contribution < -0.4 is 10.2 Å². The molecular weight excluding hydrogens is 396 g/mol. The number of halogens is 1. The first-order valence-corrected chi connectivity index (χ1v) is 10.6. The third kappa shape index (κ3) is 4.79. The van der Waals surface area contributed by atoms with Gasteiger partial charge < -0.3 is 10.2 Å². The zero-order chi connectivity index (χ0) is 20.9. The summed E-state index contributed by atoms with van der Waals surface area (Å²) in [7, 11) is 0. The van der Waals surface area contributed by atoms with E-state index in [2.05, 4.69) is 51.4 Å². The Balaban J connectivity index is 1.38. The number of carbonyl (C=O) groups excluding carboxylic acids is 1. The number of hydrogen-bond acceptors (Lipinski definition) is 4. The van der Waals surface area contributed by atoms with Crippen molar-refractivity contribution in [3.05, 3.63) is 77.1 Å². The molecule has 6 heteroatoms. The molecule has 1 aliphatic heterocycles. The van der Waals surface area contributed by atoms with Gasteiger partial charge >= 0.3 is 0 Å². The van der Waals surface area contributed by atoms with Crippen molar-refractivity contribution in [3.8, 4) is 11.1 Å². The topological polar surface area (TPSA) is 58.1 Å². The van der Waals surface area contributed by atoms with Crippen LogP contribution >= 0.6 is 11.6 Å². The second-order valence-corrected chi connectivity index (χ2v) is 8.14. The predicted molar refractivity (Wildman–Crippen MR) is 120 cm³/mol. The lowest BCUT2D eigenvalue weighted by molar-refractivity contribution is -0.125. The standard InChI is InChI=1S/C24H25ClN4O/c1-17-8-10-18(11-9-17)21-14-27-24(28-15-21)29-12-4-6-20(16-29)23(30)26-13-19-5-2-3-7-22(19)25/h2-3,5,7-11,14-15,20H,4,6,12-13,16H2,1H3,(H,26,30). The third-order valence-corrected chi connectivity index (χ3v) is 5.88. The fourth-order valence-corrected chi connectivity index (χ4v) is 3.92. The molecule has 1 aliphatic rings. The summed E-state index contributed by atoms with van der Waals surface area (Å²) in [5.41, 5.74) is 4.24. The zero-order valence-electron chi connectivity index (χ0n) is 17.0. The molecule has 1 atom stereocenters. The van der Waals surface area contributed by atoms with Gasteiger partial charge in [-0.2, -0.15) is 0 Å². The van der Waals surface area contributed by atoms with E-state index in [-0.39, 0.29) is 11.8 Å². The molecule has 0 bridgehead atoms. The van der Waals surface area contributed by atoms with E-state index in [1.54, 1.807) is 0 Å². The van der Waals surface area contributed by atoms with Gasteiger partial charge in [0.2, 0.25) is 11.9 Å². The van der Waals surface area contributed by atoms with Gasteiger partial charge in [0, 0.05) is 42.6 Å². The molecule has 4 rings (SSSR count). The molecule has 0 spiro atoms. The van der Waals surface area contributed by atoms with Crippen molar-refractivity contribution >= 4 is 23.5 Å². The minimum absolute atomic E-state index is 0.0518. The largest absolute Gasteiger partial charge is 0.352 e. The fourth-order valence-electron chi connectivity index (χ4n) is 3.72. The molecule has 1 aromatic heterocycles. The van der Waals surface area contributed by atoms with E-state index in [1.165, 1.54) is 5.56 Å². The van der Waals surface area contributed by atoms with Crippen LogP contribution in [0.2, 0.25) is 5.02 Å². The number of aryl methyl sites for hydroxylation is 1. The van der Waals surface area contributed by atoms with E-state index in [4.69, 9.17) is 11.6 Å². The molecule has 2 aromatic carbocycles. The lowest BCUT2D eigenvalue weighted by atomic mass is 9.97. The van der Waals surface area contributed by atoms with Gasteiger partial charge in [0.15, 0.2) is 0 Å². The molecule has 154 valence electrons. The average Bonchev–Trinajstić information content (AvgIpc) is 2.79. The molecule has 0 saturated carbocycles. The number of piperidine rings is 1. The summed E-state index contributed by atoms with van der Waals surface area (Å²) in [6.07, 6.45) is 5.52. The van der Waals surface area contributed by atoms with Gasteiger partial charge in [-0.25, -0.2) is 9.97 Å². The number of amides is 1. The van der Waals surface area contributed by atoms with Gasteiger partial charge in [0.05, 0.1) is 5.92 Å². The molecule has 30 heavy (non-hydrogen) atoms. The first-order chi connectivity index (χ1) is 14.6. The number of hydrogen-bond donors (Lipinski definition) is 1. The summed E-state index contributed by atoms with van der Waals surface area (Å²) >= 11 is 6.19. The number of aromatic nitrogens is 2. The Bertz CT molecular complexity index is 1000. The maximum Gasteiger partial charge on any atom is 0.225 e. The molecule has 5 nitrogen and oxygen atoms in total. The van der Waals surface area contributed by atoms with Crippen LogP contribution in [0.15, 0.2) is 60.9 Å². The Kier molecular flexibility index (Phi) is 6.29. The Morgan fingerprint density at radius 3 is 2.57 bits per heavy atom. The molecule has 1 saturated heterocycles. The number of nitrogens with zero attached hydrogens (tertiary/aromatic N) is 3. The van der Waals surface area contributed by atoms with Gasteiger partial charge in [-0.15, -0.1) is 0 Å². The minimum atomic E-state index is -0.0818. The third-order valence-electron chi connectivity index (χ3n) is 5.51. The maximum absolute atomic E-state index is 12.7. The summed E-state index contributed by atoms with van der Waals surface area (Å²) in [5.74, 6) is 0.645. The number of nitrogens with one attached hydrogen (secondary N) is 1. The number of anilines is 1. The van der Waals surface area contributed by atoms with Crippen LogP contribution in [0.5, 0.6) is 0 Å². The quantitative estimate of drug-likeness (QED) is 0.653. The number of rotatable bonds is 5. The minimum Gasteiger partial charge on any atom is -0.352 e. The van der Waals surface area contributed by atoms with Crippen molar-refractivity contribution in [3.63, 3.8) is 0 Å². The zero-order valence-corrected chi connectivity index (χ0v) is 17.8. The van der Waals surface area contributed by atoms with Gasteiger partial charge in [-0.3, -0.25) is 4.79 Å². The highest BCUT2D eigenvalue weighted by Crippen LogP contribution is 2.23. The lowest BCUT2D eigenvalue weighted by Crippen LogP contribution is -2.43. The first-order valence-electron chi connectivity index (χ1n) is 10.3. The molecule has 2 heterocycles. The van der Waals surface area contributed by atoms with Gasteiger partial charge in [0.25, 0.3) is 0 Å².